The highest BCUT2D eigenvalue weighted by Crippen LogP contribution is 2.16. The van der Waals surface area contributed by atoms with Crippen LogP contribution in [0.2, 0.25) is 0 Å². The molecule has 1 saturated heterocycles. The lowest BCUT2D eigenvalue weighted by molar-refractivity contribution is -0.146. The van der Waals surface area contributed by atoms with Crippen LogP contribution in [0.4, 0.5) is 0 Å². The Morgan fingerprint density at radius 1 is 1.80 bits per heavy atom. The highest BCUT2D eigenvalue weighted by molar-refractivity contribution is 5.98. The van der Waals surface area contributed by atoms with Crippen LogP contribution in [-0.4, -0.2) is 23.5 Å². The molecule has 0 spiro atoms. The zero-order valence-electron chi connectivity index (χ0n) is 5.63. The van der Waals surface area contributed by atoms with Crippen molar-refractivity contribution in [1.82, 2.24) is 5.32 Å². The SMILES string of the molecule is CC1CNC(=O)C1C(=O)O. The first-order valence-corrected chi connectivity index (χ1v) is 3.13. The van der Waals surface area contributed by atoms with Gasteiger partial charge in [-0.25, -0.2) is 0 Å². The lowest BCUT2D eigenvalue weighted by Gasteiger charge is -2.03. The van der Waals surface area contributed by atoms with Crippen LogP contribution in [0.3, 0.4) is 0 Å². The van der Waals surface area contributed by atoms with Crippen LogP contribution in [0, 0.1) is 11.8 Å². The molecular formula is C6H9NO3. The zero-order chi connectivity index (χ0) is 7.72. The van der Waals surface area contributed by atoms with Crippen LogP contribution in [-0.2, 0) is 9.59 Å². The lowest BCUT2D eigenvalue weighted by Crippen LogP contribution is -2.26. The number of carboxylic acid groups (broad SMARTS) is 1. The van der Waals surface area contributed by atoms with E-state index in [1.54, 1.807) is 6.92 Å². The predicted octanol–water partition coefficient (Wildman–Crippen LogP) is -0.547. The van der Waals surface area contributed by atoms with E-state index in [0.29, 0.717) is 6.54 Å². The van der Waals surface area contributed by atoms with Crippen LogP contribution >= 0.6 is 0 Å². The quantitative estimate of drug-likeness (QED) is 0.484. The first kappa shape index (κ1) is 7.05. The number of amides is 1. The van der Waals surface area contributed by atoms with Gasteiger partial charge in [0.1, 0.15) is 5.92 Å². The van der Waals surface area contributed by atoms with Crippen LogP contribution in [0.15, 0.2) is 0 Å². The van der Waals surface area contributed by atoms with Gasteiger partial charge in [-0.15, -0.1) is 0 Å². The fraction of sp³-hybridized carbons (Fsp3) is 0.667. The van der Waals surface area contributed by atoms with Gasteiger partial charge in [-0.3, -0.25) is 9.59 Å². The van der Waals surface area contributed by atoms with Gasteiger partial charge in [-0.1, -0.05) is 6.92 Å². The molecule has 1 aliphatic heterocycles. The second kappa shape index (κ2) is 2.28. The fourth-order valence-electron chi connectivity index (χ4n) is 1.10. The molecule has 0 aliphatic carbocycles. The molecule has 1 amide bonds. The lowest BCUT2D eigenvalue weighted by atomic mass is 9.98. The van der Waals surface area contributed by atoms with Crippen molar-refractivity contribution in [3.05, 3.63) is 0 Å². The van der Waals surface area contributed by atoms with Crippen molar-refractivity contribution < 1.29 is 14.7 Å². The smallest absolute Gasteiger partial charge is 0.316 e. The Morgan fingerprint density at radius 3 is 2.60 bits per heavy atom. The Balaban J connectivity index is 2.72. The van der Waals surface area contributed by atoms with Gasteiger partial charge in [0.2, 0.25) is 5.91 Å². The number of rotatable bonds is 1. The predicted molar refractivity (Wildman–Crippen MR) is 33.3 cm³/mol. The van der Waals surface area contributed by atoms with E-state index in [4.69, 9.17) is 5.11 Å². The molecule has 4 nitrogen and oxygen atoms in total. The molecule has 10 heavy (non-hydrogen) atoms. The van der Waals surface area contributed by atoms with E-state index in [1.807, 2.05) is 0 Å². The van der Waals surface area contributed by atoms with Crippen molar-refractivity contribution in [3.63, 3.8) is 0 Å². The first-order valence-electron chi connectivity index (χ1n) is 3.13. The summed E-state index contributed by atoms with van der Waals surface area (Å²) in [6.45, 7) is 2.23. The molecule has 1 rings (SSSR count). The fourth-order valence-corrected chi connectivity index (χ4v) is 1.10. The largest absolute Gasteiger partial charge is 0.481 e. The second-order valence-corrected chi connectivity index (χ2v) is 2.54. The molecule has 0 radical (unpaired) electrons. The van der Waals surface area contributed by atoms with Gasteiger partial charge in [-0.2, -0.15) is 0 Å². The topological polar surface area (TPSA) is 66.4 Å². The van der Waals surface area contributed by atoms with Gasteiger partial charge >= 0.3 is 5.97 Å². The van der Waals surface area contributed by atoms with Gasteiger partial charge in [0.25, 0.3) is 0 Å². The Bertz CT molecular complexity index is 178. The highest BCUT2D eigenvalue weighted by Gasteiger charge is 2.37. The van der Waals surface area contributed by atoms with Crippen molar-refractivity contribution in [2.24, 2.45) is 11.8 Å². The van der Waals surface area contributed by atoms with Crippen molar-refractivity contribution in [2.45, 2.75) is 6.92 Å². The molecule has 0 aromatic carbocycles. The van der Waals surface area contributed by atoms with Gasteiger partial charge in [0.05, 0.1) is 0 Å². The number of hydrogen-bond donors (Lipinski definition) is 2. The van der Waals surface area contributed by atoms with Gasteiger partial charge in [0, 0.05) is 6.54 Å². The number of carbonyl (C=O) groups excluding carboxylic acids is 1. The Labute approximate surface area is 58.2 Å². The van der Waals surface area contributed by atoms with Crippen molar-refractivity contribution in [2.75, 3.05) is 6.54 Å². The van der Waals surface area contributed by atoms with Crippen molar-refractivity contribution in [1.29, 1.82) is 0 Å². The van der Waals surface area contributed by atoms with Crippen LogP contribution in [0.1, 0.15) is 6.92 Å². The average Bonchev–Trinajstić information content (AvgIpc) is 2.11. The molecule has 1 heterocycles. The molecular weight excluding hydrogens is 134 g/mol. The summed E-state index contributed by atoms with van der Waals surface area (Å²) < 4.78 is 0. The van der Waals surface area contributed by atoms with Crippen molar-refractivity contribution >= 4 is 11.9 Å². The third kappa shape index (κ3) is 0.964. The van der Waals surface area contributed by atoms with E-state index >= 15 is 0 Å². The van der Waals surface area contributed by atoms with E-state index in [-0.39, 0.29) is 11.8 Å². The summed E-state index contributed by atoms with van der Waals surface area (Å²) in [5, 5.41) is 11.0. The number of carbonyl (C=O) groups is 2. The zero-order valence-corrected chi connectivity index (χ0v) is 5.63. The van der Waals surface area contributed by atoms with E-state index < -0.39 is 11.9 Å². The average molecular weight is 143 g/mol. The number of aliphatic carboxylic acids is 1. The van der Waals surface area contributed by atoms with E-state index in [1.165, 1.54) is 0 Å². The third-order valence-electron chi connectivity index (χ3n) is 1.72. The summed E-state index contributed by atoms with van der Waals surface area (Å²) in [6, 6.07) is 0. The summed E-state index contributed by atoms with van der Waals surface area (Å²) in [6.07, 6.45) is 0. The van der Waals surface area contributed by atoms with Crippen LogP contribution in [0.25, 0.3) is 0 Å². The molecule has 1 fully saturated rings. The molecule has 1 aliphatic rings. The van der Waals surface area contributed by atoms with Gasteiger partial charge in [0.15, 0.2) is 0 Å². The third-order valence-corrected chi connectivity index (χ3v) is 1.72. The number of carboxylic acids is 1. The second-order valence-electron chi connectivity index (χ2n) is 2.54. The molecule has 0 saturated carbocycles. The Hall–Kier alpha value is -1.06. The van der Waals surface area contributed by atoms with Crippen molar-refractivity contribution in [3.8, 4) is 0 Å². The molecule has 0 aromatic rings. The molecule has 2 atom stereocenters. The maximum atomic E-state index is 10.7. The van der Waals surface area contributed by atoms with Crippen LogP contribution < -0.4 is 5.32 Å². The van der Waals surface area contributed by atoms with Crippen LogP contribution in [0.5, 0.6) is 0 Å². The number of nitrogens with one attached hydrogen (secondary N) is 1. The minimum atomic E-state index is -1.03. The normalized spacial score (nSPS) is 31.9. The summed E-state index contributed by atoms with van der Waals surface area (Å²) in [7, 11) is 0. The molecule has 2 unspecified atom stereocenters. The summed E-state index contributed by atoms with van der Waals surface area (Å²) >= 11 is 0. The monoisotopic (exact) mass is 143 g/mol. The molecule has 0 bridgehead atoms. The maximum absolute atomic E-state index is 10.7. The molecule has 0 aromatic heterocycles. The van der Waals surface area contributed by atoms with E-state index in [0.717, 1.165) is 0 Å². The molecule has 2 N–H and O–H groups in total. The summed E-state index contributed by atoms with van der Waals surface area (Å²) in [4.78, 5) is 21.1. The van der Waals surface area contributed by atoms with Gasteiger partial charge < -0.3 is 10.4 Å². The molecule has 56 valence electrons. The minimum Gasteiger partial charge on any atom is -0.481 e. The number of hydrogen-bond acceptors (Lipinski definition) is 2. The molecule has 4 heteroatoms. The van der Waals surface area contributed by atoms with E-state index in [9.17, 15) is 9.59 Å². The highest BCUT2D eigenvalue weighted by atomic mass is 16.4. The Morgan fingerprint density at radius 2 is 2.40 bits per heavy atom. The first-order chi connectivity index (χ1) is 4.63. The minimum absolute atomic E-state index is 0.0787. The van der Waals surface area contributed by atoms with Gasteiger partial charge in [-0.05, 0) is 5.92 Å². The summed E-state index contributed by atoms with van der Waals surface area (Å²) in [5.74, 6) is -2.30. The standard InChI is InChI=1S/C6H9NO3/c1-3-2-7-5(8)4(3)6(9)10/h3-4H,2H2,1H3,(H,7,8)(H,9,10). The maximum Gasteiger partial charge on any atom is 0.316 e. The van der Waals surface area contributed by atoms with E-state index in [2.05, 4.69) is 5.32 Å². The summed E-state index contributed by atoms with van der Waals surface area (Å²) in [5.41, 5.74) is 0. The Kier molecular flexibility index (Phi) is 1.61.